The standard InChI is InChI=1S/C39H35N7O6/c1-39(2,23-7-10-25(11-8-23)51-26-12-17-34(40-22-26)46-41-19-20-42-46)29-5-3-4-6-32(29)52-33-16-14-30(33)43-24-9-13-27-28(21-24)38(50)45(37(27)49)31-15-18-35(47)44-36(31)48/h3-13,17,19-22,30-31,33,43H,14-16,18H2,1-2H3,(H,44,47,48). The van der Waals surface area contributed by atoms with Crippen molar-refractivity contribution in [2.24, 2.45) is 0 Å². The van der Waals surface area contributed by atoms with E-state index in [1.807, 2.05) is 36.4 Å². The maximum absolute atomic E-state index is 13.3. The predicted octanol–water partition coefficient (Wildman–Crippen LogP) is 5.20. The first-order valence-corrected chi connectivity index (χ1v) is 17.2. The number of nitrogens with one attached hydrogen (secondary N) is 2. The Kier molecular flexibility index (Phi) is 8.25. The third kappa shape index (κ3) is 6.03. The predicted molar refractivity (Wildman–Crippen MR) is 188 cm³/mol. The molecular weight excluding hydrogens is 662 g/mol. The number of piperidine rings is 1. The summed E-state index contributed by atoms with van der Waals surface area (Å²) in [7, 11) is 0. The molecule has 3 atom stereocenters. The summed E-state index contributed by atoms with van der Waals surface area (Å²) in [6.45, 7) is 4.32. The van der Waals surface area contributed by atoms with Crippen LogP contribution in [0.4, 0.5) is 5.69 Å². The average molecular weight is 698 g/mol. The Hall–Kier alpha value is -6.37. The number of anilines is 1. The van der Waals surface area contributed by atoms with Gasteiger partial charge in [0.15, 0.2) is 5.82 Å². The fourth-order valence-corrected chi connectivity index (χ4v) is 6.92. The molecule has 0 bridgehead atoms. The molecule has 2 aliphatic heterocycles. The van der Waals surface area contributed by atoms with Crippen LogP contribution in [0.5, 0.6) is 17.2 Å². The molecule has 1 saturated heterocycles. The summed E-state index contributed by atoms with van der Waals surface area (Å²) in [6, 6.07) is 23.6. The van der Waals surface area contributed by atoms with Crippen LogP contribution in [0.3, 0.4) is 0 Å². The van der Waals surface area contributed by atoms with E-state index in [0.717, 1.165) is 34.6 Å². The van der Waals surface area contributed by atoms with E-state index in [2.05, 4.69) is 57.9 Å². The van der Waals surface area contributed by atoms with Crippen molar-refractivity contribution in [3.63, 3.8) is 0 Å². The van der Waals surface area contributed by atoms with Crippen LogP contribution in [0, 0.1) is 0 Å². The van der Waals surface area contributed by atoms with Crippen molar-refractivity contribution in [3.05, 3.63) is 120 Å². The highest BCUT2D eigenvalue weighted by Gasteiger charge is 2.45. The number of para-hydroxylation sites is 1. The zero-order chi connectivity index (χ0) is 36.0. The maximum Gasteiger partial charge on any atom is 0.262 e. The largest absolute Gasteiger partial charge is 0.488 e. The van der Waals surface area contributed by atoms with Crippen molar-refractivity contribution in [2.45, 2.75) is 63.1 Å². The number of imide groups is 2. The molecule has 5 aromatic rings. The number of amides is 4. The van der Waals surface area contributed by atoms with Crippen molar-refractivity contribution in [2.75, 3.05) is 5.32 Å². The summed E-state index contributed by atoms with van der Waals surface area (Å²) in [5.74, 6) is 0.556. The molecule has 3 unspecified atom stereocenters. The van der Waals surface area contributed by atoms with E-state index in [1.165, 1.54) is 4.80 Å². The molecule has 2 aromatic heterocycles. The first kappa shape index (κ1) is 32.8. The summed E-state index contributed by atoms with van der Waals surface area (Å²) in [5, 5.41) is 13.9. The molecule has 13 nitrogen and oxygen atoms in total. The van der Waals surface area contributed by atoms with Crippen molar-refractivity contribution in [3.8, 4) is 23.1 Å². The highest BCUT2D eigenvalue weighted by atomic mass is 16.5. The summed E-state index contributed by atoms with van der Waals surface area (Å²) in [5.41, 5.74) is 2.88. The fourth-order valence-electron chi connectivity index (χ4n) is 6.92. The van der Waals surface area contributed by atoms with Crippen molar-refractivity contribution in [1.29, 1.82) is 0 Å². The van der Waals surface area contributed by atoms with Gasteiger partial charge in [-0.25, -0.2) is 4.98 Å². The molecule has 52 heavy (non-hydrogen) atoms. The van der Waals surface area contributed by atoms with Gasteiger partial charge < -0.3 is 14.8 Å². The van der Waals surface area contributed by atoms with Gasteiger partial charge in [0.1, 0.15) is 29.4 Å². The summed E-state index contributed by atoms with van der Waals surface area (Å²) in [6.07, 6.45) is 6.59. The van der Waals surface area contributed by atoms with Gasteiger partial charge in [-0.05, 0) is 73.4 Å². The molecule has 1 aliphatic carbocycles. The van der Waals surface area contributed by atoms with Gasteiger partial charge in [0, 0.05) is 23.1 Å². The Morgan fingerprint density at radius 3 is 2.29 bits per heavy atom. The Bertz CT molecular complexity index is 2180. The van der Waals surface area contributed by atoms with Gasteiger partial charge in [-0.1, -0.05) is 44.2 Å². The number of ether oxygens (including phenoxy) is 2. The molecule has 13 heteroatoms. The van der Waals surface area contributed by atoms with Gasteiger partial charge in [0.25, 0.3) is 11.8 Å². The topological polar surface area (TPSA) is 158 Å². The number of nitrogens with zero attached hydrogens (tertiary/aromatic N) is 5. The molecule has 8 rings (SSSR count). The van der Waals surface area contributed by atoms with E-state index in [1.54, 1.807) is 42.9 Å². The van der Waals surface area contributed by atoms with E-state index < -0.39 is 35.1 Å². The molecule has 3 aliphatic rings. The fraction of sp³-hybridized carbons (Fsp3) is 0.256. The second-order valence-corrected chi connectivity index (χ2v) is 13.6. The minimum atomic E-state index is -1.01. The number of pyridine rings is 1. The lowest BCUT2D eigenvalue weighted by Gasteiger charge is -2.39. The Morgan fingerprint density at radius 1 is 0.827 bits per heavy atom. The summed E-state index contributed by atoms with van der Waals surface area (Å²) >= 11 is 0. The van der Waals surface area contributed by atoms with Crippen LogP contribution in [0.25, 0.3) is 5.82 Å². The smallest absolute Gasteiger partial charge is 0.262 e. The first-order valence-electron chi connectivity index (χ1n) is 17.2. The molecular formula is C39H35N7O6. The van der Waals surface area contributed by atoms with Crippen molar-refractivity contribution >= 4 is 29.3 Å². The first-order chi connectivity index (χ1) is 25.2. The number of hydrogen-bond donors (Lipinski definition) is 2. The van der Waals surface area contributed by atoms with Crippen LogP contribution in [0.2, 0.25) is 0 Å². The monoisotopic (exact) mass is 697 g/mol. The molecule has 2 fully saturated rings. The summed E-state index contributed by atoms with van der Waals surface area (Å²) in [4.78, 5) is 57.3. The molecule has 4 heterocycles. The number of hydrogen-bond acceptors (Lipinski definition) is 10. The summed E-state index contributed by atoms with van der Waals surface area (Å²) < 4.78 is 12.7. The molecule has 0 radical (unpaired) electrons. The minimum absolute atomic E-state index is 0.0246. The second-order valence-electron chi connectivity index (χ2n) is 13.6. The van der Waals surface area contributed by atoms with Gasteiger partial charge in [0.2, 0.25) is 11.8 Å². The molecule has 0 spiro atoms. The van der Waals surface area contributed by atoms with Gasteiger partial charge in [-0.2, -0.15) is 10.2 Å². The minimum Gasteiger partial charge on any atom is -0.488 e. The molecule has 2 N–H and O–H groups in total. The number of aromatic nitrogens is 4. The SMILES string of the molecule is CC(C)(c1ccc(Oc2ccc(-n3nccn3)nc2)cc1)c1ccccc1OC1CCC1Nc1ccc2c(c1)C(=O)N(C1CCC(=O)NC1=O)C2=O. The van der Waals surface area contributed by atoms with E-state index in [4.69, 9.17) is 9.47 Å². The highest BCUT2D eigenvalue weighted by Crippen LogP contribution is 2.40. The van der Waals surface area contributed by atoms with Gasteiger partial charge >= 0.3 is 0 Å². The number of carbonyl (C=O) groups excluding carboxylic acids is 4. The third-order valence-electron chi connectivity index (χ3n) is 10.00. The molecule has 262 valence electrons. The highest BCUT2D eigenvalue weighted by molar-refractivity contribution is 6.23. The van der Waals surface area contributed by atoms with E-state index >= 15 is 0 Å². The maximum atomic E-state index is 13.3. The number of benzene rings is 3. The molecule has 3 aromatic carbocycles. The van der Waals surface area contributed by atoms with Crippen molar-refractivity contribution in [1.82, 2.24) is 30.2 Å². The average Bonchev–Trinajstić information content (AvgIpc) is 3.77. The van der Waals surface area contributed by atoms with Gasteiger partial charge in [0.05, 0.1) is 35.8 Å². The van der Waals surface area contributed by atoms with E-state index in [-0.39, 0.29) is 36.1 Å². The Balaban J connectivity index is 0.929. The van der Waals surface area contributed by atoms with Crippen LogP contribution in [-0.4, -0.2) is 66.7 Å². The number of rotatable bonds is 10. The number of fused-ring (bicyclic) bond motifs is 1. The van der Waals surface area contributed by atoms with Gasteiger partial charge in [-0.15, -0.1) is 4.80 Å². The normalized spacial score (nSPS) is 19.9. The van der Waals surface area contributed by atoms with Crippen LogP contribution >= 0.6 is 0 Å². The van der Waals surface area contributed by atoms with Crippen LogP contribution < -0.4 is 20.1 Å². The lowest BCUT2D eigenvalue weighted by atomic mass is 9.77. The third-order valence-corrected chi connectivity index (χ3v) is 10.00. The second kappa shape index (κ2) is 13.1. The zero-order valence-electron chi connectivity index (χ0n) is 28.5. The molecule has 4 amide bonds. The van der Waals surface area contributed by atoms with Crippen LogP contribution in [0.1, 0.15) is 71.4 Å². The Morgan fingerprint density at radius 2 is 1.58 bits per heavy atom. The number of carbonyl (C=O) groups is 4. The Labute approximate surface area is 298 Å². The van der Waals surface area contributed by atoms with Crippen molar-refractivity contribution < 1.29 is 28.7 Å². The quantitative estimate of drug-likeness (QED) is 0.186. The van der Waals surface area contributed by atoms with Crippen LogP contribution in [-0.2, 0) is 15.0 Å². The lowest BCUT2D eigenvalue weighted by molar-refractivity contribution is -0.136. The zero-order valence-corrected chi connectivity index (χ0v) is 28.5. The van der Waals surface area contributed by atoms with E-state index in [9.17, 15) is 19.2 Å². The van der Waals surface area contributed by atoms with Gasteiger partial charge in [-0.3, -0.25) is 29.4 Å². The van der Waals surface area contributed by atoms with Crippen LogP contribution in [0.15, 0.2) is 97.5 Å². The molecule has 1 saturated carbocycles. The lowest BCUT2D eigenvalue weighted by Crippen LogP contribution is -2.54. The van der Waals surface area contributed by atoms with E-state index in [0.29, 0.717) is 23.0 Å².